The standard InChI is InChI=1S/C28H34N8O2/c1-8-23(37)20-16-30-25(33-24-13-12-18(15-29-24)28(2,3)35(4)5)14-22(20)32-21-11-9-10-19(26(21)38-7)27-31-17-36(6)34-27/h9-17H,8H2,1-7H3,(H2,29,30,32,33). The molecule has 4 rings (SSSR count). The van der Waals surface area contributed by atoms with E-state index in [9.17, 15) is 4.79 Å². The second-order valence-corrected chi connectivity index (χ2v) is 9.66. The van der Waals surface area contributed by atoms with Crippen molar-refractivity contribution in [3.05, 3.63) is 66.2 Å². The van der Waals surface area contributed by atoms with Crippen LogP contribution >= 0.6 is 0 Å². The van der Waals surface area contributed by atoms with Crippen molar-refractivity contribution in [2.75, 3.05) is 31.8 Å². The predicted molar refractivity (Wildman–Crippen MR) is 149 cm³/mol. The number of hydrogen-bond donors (Lipinski definition) is 2. The molecule has 0 atom stereocenters. The van der Waals surface area contributed by atoms with Crippen molar-refractivity contribution in [1.82, 2.24) is 29.6 Å². The molecule has 3 heterocycles. The highest BCUT2D eigenvalue weighted by Crippen LogP contribution is 2.37. The summed E-state index contributed by atoms with van der Waals surface area (Å²) < 4.78 is 7.37. The fourth-order valence-corrected chi connectivity index (χ4v) is 3.90. The number of hydrogen-bond acceptors (Lipinski definition) is 9. The summed E-state index contributed by atoms with van der Waals surface area (Å²) in [5.74, 6) is 2.29. The average Bonchev–Trinajstić information content (AvgIpc) is 3.34. The van der Waals surface area contributed by atoms with E-state index < -0.39 is 0 Å². The van der Waals surface area contributed by atoms with E-state index in [1.54, 1.807) is 30.4 Å². The normalized spacial score (nSPS) is 11.5. The molecule has 1 aromatic carbocycles. The van der Waals surface area contributed by atoms with Gasteiger partial charge in [0.1, 0.15) is 18.0 Å². The summed E-state index contributed by atoms with van der Waals surface area (Å²) >= 11 is 0. The molecule has 3 aromatic heterocycles. The van der Waals surface area contributed by atoms with Gasteiger partial charge < -0.3 is 20.3 Å². The van der Waals surface area contributed by atoms with Gasteiger partial charge in [-0.1, -0.05) is 19.1 Å². The molecule has 0 saturated heterocycles. The van der Waals surface area contributed by atoms with Crippen molar-refractivity contribution in [1.29, 1.82) is 0 Å². The number of carbonyl (C=O) groups excluding carboxylic acids is 1. The van der Waals surface area contributed by atoms with Crippen LogP contribution in [-0.4, -0.2) is 56.6 Å². The highest BCUT2D eigenvalue weighted by atomic mass is 16.5. The zero-order chi connectivity index (χ0) is 27.4. The molecule has 10 nitrogen and oxygen atoms in total. The number of nitrogens with zero attached hydrogens (tertiary/aromatic N) is 6. The minimum absolute atomic E-state index is 0.0264. The van der Waals surface area contributed by atoms with E-state index in [4.69, 9.17) is 4.74 Å². The van der Waals surface area contributed by atoms with Crippen LogP contribution in [-0.2, 0) is 12.6 Å². The maximum absolute atomic E-state index is 12.8. The van der Waals surface area contributed by atoms with Gasteiger partial charge in [0.15, 0.2) is 17.4 Å². The van der Waals surface area contributed by atoms with Gasteiger partial charge in [0.25, 0.3) is 0 Å². The van der Waals surface area contributed by atoms with Crippen molar-refractivity contribution >= 4 is 28.8 Å². The van der Waals surface area contributed by atoms with Gasteiger partial charge in [-0.15, -0.1) is 0 Å². The Balaban J connectivity index is 1.67. The molecule has 4 aromatic rings. The Kier molecular flexibility index (Phi) is 7.72. The van der Waals surface area contributed by atoms with Crippen LogP contribution in [0.25, 0.3) is 11.4 Å². The summed E-state index contributed by atoms with van der Waals surface area (Å²) in [5.41, 5.74) is 3.44. The van der Waals surface area contributed by atoms with Gasteiger partial charge in [0.2, 0.25) is 0 Å². The van der Waals surface area contributed by atoms with E-state index >= 15 is 0 Å². The van der Waals surface area contributed by atoms with Crippen LogP contribution in [0, 0.1) is 0 Å². The summed E-state index contributed by atoms with van der Waals surface area (Å²) in [6.07, 6.45) is 5.42. The van der Waals surface area contributed by atoms with Crippen molar-refractivity contribution < 1.29 is 9.53 Å². The highest BCUT2D eigenvalue weighted by molar-refractivity contribution is 6.02. The zero-order valence-electron chi connectivity index (χ0n) is 22.9. The van der Waals surface area contributed by atoms with Crippen LogP contribution in [0.1, 0.15) is 43.1 Å². The Hall–Kier alpha value is -4.31. The first-order chi connectivity index (χ1) is 18.1. The quantitative estimate of drug-likeness (QED) is 0.277. The molecule has 0 saturated carbocycles. The third-order valence-electron chi connectivity index (χ3n) is 6.70. The third kappa shape index (κ3) is 5.50. The molecule has 0 aliphatic carbocycles. The van der Waals surface area contributed by atoms with Crippen LogP contribution in [0.5, 0.6) is 5.75 Å². The van der Waals surface area contributed by atoms with Crippen LogP contribution < -0.4 is 15.4 Å². The number of para-hydroxylation sites is 1. The lowest BCUT2D eigenvalue weighted by Crippen LogP contribution is -2.35. The Morgan fingerprint density at radius 1 is 1.03 bits per heavy atom. The van der Waals surface area contributed by atoms with Crippen molar-refractivity contribution in [3.63, 3.8) is 0 Å². The number of aryl methyl sites for hydroxylation is 1. The summed E-state index contributed by atoms with van der Waals surface area (Å²) in [4.78, 5) is 28.3. The zero-order valence-corrected chi connectivity index (χ0v) is 22.9. The number of ketones is 1. The Labute approximate surface area is 223 Å². The van der Waals surface area contributed by atoms with Crippen LogP contribution in [0.15, 0.2) is 55.1 Å². The fraction of sp³-hybridized carbons (Fsp3) is 0.321. The molecule has 0 fully saturated rings. The van der Waals surface area contributed by atoms with Gasteiger partial charge in [-0.2, -0.15) is 5.10 Å². The number of carbonyl (C=O) groups is 1. The number of anilines is 4. The van der Waals surface area contributed by atoms with Gasteiger partial charge in [-0.25, -0.2) is 15.0 Å². The molecule has 0 amide bonds. The van der Waals surface area contributed by atoms with Crippen molar-refractivity contribution in [2.45, 2.75) is 32.7 Å². The molecule has 38 heavy (non-hydrogen) atoms. The van der Waals surface area contributed by atoms with E-state index in [-0.39, 0.29) is 11.3 Å². The van der Waals surface area contributed by atoms with E-state index in [1.165, 1.54) is 0 Å². The lowest BCUT2D eigenvalue weighted by atomic mass is 9.95. The van der Waals surface area contributed by atoms with E-state index in [0.29, 0.717) is 46.6 Å². The number of benzene rings is 1. The Morgan fingerprint density at radius 3 is 2.39 bits per heavy atom. The van der Waals surface area contributed by atoms with Gasteiger partial charge in [-0.3, -0.25) is 9.48 Å². The molecule has 0 unspecified atom stereocenters. The van der Waals surface area contributed by atoms with Gasteiger partial charge in [0.05, 0.1) is 29.6 Å². The summed E-state index contributed by atoms with van der Waals surface area (Å²) in [5, 5.41) is 11.0. The molecule has 198 valence electrons. The van der Waals surface area contributed by atoms with Gasteiger partial charge in [0, 0.05) is 37.5 Å². The minimum atomic E-state index is -0.151. The molecule has 0 radical (unpaired) electrons. The SMILES string of the molecule is CCC(=O)c1cnc(Nc2ccc(C(C)(C)N(C)C)cn2)cc1Nc1cccc(-c2ncn(C)n2)c1OC. The Morgan fingerprint density at radius 2 is 1.79 bits per heavy atom. The van der Waals surface area contributed by atoms with E-state index in [1.807, 2.05) is 64.6 Å². The monoisotopic (exact) mass is 514 g/mol. The summed E-state index contributed by atoms with van der Waals surface area (Å²) in [6, 6.07) is 11.4. The smallest absolute Gasteiger partial charge is 0.184 e. The maximum Gasteiger partial charge on any atom is 0.184 e. The summed E-state index contributed by atoms with van der Waals surface area (Å²) in [6.45, 7) is 6.12. The average molecular weight is 515 g/mol. The van der Waals surface area contributed by atoms with Gasteiger partial charge >= 0.3 is 0 Å². The van der Waals surface area contributed by atoms with E-state index in [0.717, 1.165) is 11.1 Å². The maximum atomic E-state index is 12.8. The largest absolute Gasteiger partial charge is 0.494 e. The highest BCUT2D eigenvalue weighted by Gasteiger charge is 2.23. The lowest BCUT2D eigenvalue weighted by Gasteiger charge is -2.32. The molecule has 0 aliphatic rings. The second-order valence-electron chi connectivity index (χ2n) is 9.66. The fourth-order valence-electron chi connectivity index (χ4n) is 3.90. The number of aromatic nitrogens is 5. The molecular weight excluding hydrogens is 480 g/mol. The number of Topliss-reactive ketones (excluding diaryl/α,β-unsaturated/α-hetero) is 1. The number of methoxy groups -OCH3 is 1. The number of ether oxygens (including phenoxy) is 1. The molecule has 0 bridgehead atoms. The van der Waals surface area contributed by atoms with Crippen LogP contribution in [0.2, 0.25) is 0 Å². The number of pyridine rings is 2. The molecule has 0 aliphatic heterocycles. The number of rotatable bonds is 10. The summed E-state index contributed by atoms with van der Waals surface area (Å²) in [7, 11) is 7.49. The van der Waals surface area contributed by atoms with Crippen LogP contribution in [0.4, 0.5) is 23.0 Å². The topological polar surface area (TPSA) is 110 Å². The first-order valence-electron chi connectivity index (χ1n) is 12.4. The second kappa shape index (κ2) is 11.0. The lowest BCUT2D eigenvalue weighted by molar-refractivity contribution is 0.0988. The molecule has 2 N–H and O–H groups in total. The molecule has 0 spiro atoms. The van der Waals surface area contributed by atoms with E-state index in [2.05, 4.69) is 49.4 Å². The van der Waals surface area contributed by atoms with Crippen molar-refractivity contribution in [2.24, 2.45) is 7.05 Å². The third-order valence-corrected chi connectivity index (χ3v) is 6.70. The predicted octanol–water partition coefficient (Wildman–Crippen LogP) is 5.16. The molecular formula is C28H34N8O2. The van der Waals surface area contributed by atoms with Gasteiger partial charge in [-0.05, 0) is 51.7 Å². The Bertz CT molecular complexity index is 1430. The first-order valence-corrected chi connectivity index (χ1v) is 12.4. The first kappa shape index (κ1) is 26.7. The van der Waals surface area contributed by atoms with Crippen LogP contribution in [0.3, 0.4) is 0 Å². The molecule has 10 heteroatoms. The van der Waals surface area contributed by atoms with Crippen molar-refractivity contribution in [3.8, 4) is 17.1 Å². The minimum Gasteiger partial charge on any atom is -0.494 e. The number of nitrogens with one attached hydrogen (secondary N) is 2.